The molecule has 0 bridgehead atoms. The molecule has 3 heterocycles. The molecule has 1 aromatic rings. The first kappa shape index (κ1) is 18.0. The summed E-state index contributed by atoms with van der Waals surface area (Å²) in [7, 11) is 0. The van der Waals surface area contributed by atoms with Crippen molar-refractivity contribution in [1.82, 2.24) is 19.3 Å². The first-order valence-corrected chi connectivity index (χ1v) is 11.4. The Morgan fingerprint density at radius 3 is 1.90 bits per heavy atom. The van der Waals surface area contributed by atoms with Crippen molar-refractivity contribution in [3.8, 4) is 0 Å². The molecule has 2 N–H and O–H groups in total. The van der Waals surface area contributed by atoms with Crippen LogP contribution in [0.4, 0.5) is 0 Å². The molecule has 0 saturated heterocycles. The number of hydrogen-bond donors (Lipinski definition) is 2. The Balaban J connectivity index is 1.20. The van der Waals surface area contributed by atoms with E-state index in [0.717, 1.165) is 12.8 Å². The Morgan fingerprint density at radius 1 is 0.759 bits per heavy atom. The van der Waals surface area contributed by atoms with Gasteiger partial charge in [0, 0.05) is 23.6 Å². The lowest BCUT2D eigenvalue weighted by atomic mass is 9.81. The zero-order valence-electron chi connectivity index (χ0n) is 16.7. The van der Waals surface area contributed by atoms with E-state index in [4.69, 9.17) is 0 Å². The van der Waals surface area contributed by atoms with Crippen molar-refractivity contribution < 1.29 is 19.8 Å². The van der Waals surface area contributed by atoms with Gasteiger partial charge in [-0.1, -0.05) is 12.8 Å². The molecule has 2 amide bonds. The lowest BCUT2D eigenvalue weighted by Crippen LogP contribution is -2.47. The predicted molar refractivity (Wildman–Crippen MR) is 103 cm³/mol. The van der Waals surface area contributed by atoms with Crippen LogP contribution in [-0.2, 0) is 9.59 Å². The van der Waals surface area contributed by atoms with Gasteiger partial charge in [-0.25, -0.2) is 0 Å². The average molecular weight is 402 g/mol. The Hall–Kier alpha value is -1.80. The number of nitrogens with zero attached hydrogens (tertiary/aromatic N) is 4. The number of rotatable bonds is 3. The normalized spacial score (nSPS) is 39.4. The van der Waals surface area contributed by atoms with Crippen LogP contribution >= 0.6 is 0 Å². The second-order valence-corrected chi connectivity index (χ2v) is 9.71. The van der Waals surface area contributed by atoms with Gasteiger partial charge in [-0.05, 0) is 51.4 Å². The summed E-state index contributed by atoms with van der Waals surface area (Å²) in [6, 6.07) is 0.919. The van der Waals surface area contributed by atoms with E-state index in [9.17, 15) is 19.8 Å². The summed E-state index contributed by atoms with van der Waals surface area (Å²) in [6.07, 6.45) is 7.98. The summed E-state index contributed by atoms with van der Waals surface area (Å²) in [5.74, 6) is -0.625. The molecule has 0 radical (unpaired) electrons. The van der Waals surface area contributed by atoms with Crippen molar-refractivity contribution in [2.75, 3.05) is 6.54 Å². The number of fused-ring (bicyclic) bond motifs is 4. The first-order valence-electron chi connectivity index (χ1n) is 11.4. The van der Waals surface area contributed by atoms with Gasteiger partial charge < -0.3 is 10.2 Å². The van der Waals surface area contributed by atoms with E-state index >= 15 is 0 Å². The quantitative estimate of drug-likeness (QED) is 0.753. The second kappa shape index (κ2) is 6.35. The largest absolute Gasteiger partial charge is 0.393 e. The first-order chi connectivity index (χ1) is 14.1. The monoisotopic (exact) mass is 402 g/mol. The molecule has 3 aliphatic carbocycles. The summed E-state index contributed by atoms with van der Waals surface area (Å²) in [4.78, 5) is 33.6. The van der Waals surface area contributed by atoms with Crippen LogP contribution in [-0.4, -0.2) is 60.1 Å². The molecule has 0 aromatic carbocycles. The summed E-state index contributed by atoms with van der Waals surface area (Å²) in [6.45, 7) is 0.208. The molecule has 8 heteroatoms. The zero-order valence-corrected chi connectivity index (χ0v) is 16.7. The topological polar surface area (TPSA) is 92.6 Å². The lowest BCUT2D eigenvalue weighted by Gasteiger charge is -2.37. The van der Waals surface area contributed by atoms with Crippen LogP contribution in [0.5, 0.6) is 0 Å². The highest BCUT2D eigenvalue weighted by Crippen LogP contribution is 2.51. The number of aromatic nitrogens is 3. The maximum Gasteiger partial charge on any atom is 0.257 e. The Bertz CT molecular complexity index is 839. The molecule has 2 saturated carbocycles. The second-order valence-electron chi connectivity index (χ2n) is 9.71. The number of aliphatic hydroxyl groups is 2. The fourth-order valence-corrected chi connectivity index (χ4v) is 6.56. The Labute approximate surface area is 169 Å². The van der Waals surface area contributed by atoms with E-state index in [0.29, 0.717) is 48.9 Å². The standard InChI is InChI=1S/C21H30N4O4/c26-13-9-12(11-22-20(28)14-5-1-2-6-15(14)21(22)29)19(27)18(10-13)25-23-16-7-3-4-8-17(16)24(23)25/h12-13,16-19,26-27H,1-11H2. The van der Waals surface area contributed by atoms with E-state index < -0.39 is 12.2 Å². The summed E-state index contributed by atoms with van der Waals surface area (Å²) >= 11 is 0. The van der Waals surface area contributed by atoms with Gasteiger partial charge in [0.05, 0.1) is 30.3 Å². The molecule has 5 aliphatic rings. The average Bonchev–Trinajstić information content (AvgIpc) is 3.33. The molecule has 6 unspecified atom stereocenters. The molecule has 0 spiro atoms. The van der Waals surface area contributed by atoms with Gasteiger partial charge >= 0.3 is 0 Å². The molecule has 6 atom stereocenters. The lowest BCUT2D eigenvalue weighted by molar-refractivity contribution is -0.140. The molecule has 6 rings (SSSR count). The van der Waals surface area contributed by atoms with Crippen LogP contribution in [0, 0.1) is 5.92 Å². The summed E-state index contributed by atoms with van der Waals surface area (Å²) in [5.41, 5.74) is 1.38. The van der Waals surface area contributed by atoms with E-state index in [1.807, 2.05) is 0 Å². The van der Waals surface area contributed by atoms with Crippen molar-refractivity contribution >= 4 is 11.8 Å². The molecule has 8 nitrogen and oxygen atoms in total. The summed E-state index contributed by atoms with van der Waals surface area (Å²) < 4.78 is 0. The smallest absolute Gasteiger partial charge is 0.257 e. The molecule has 1 aromatic heterocycles. The van der Waals surface area contributed by atoms with Crippen LogP contribution in [0.15, 0.2) is 11.1 Å². The van der Waals surface area contributed by atoms with Crippen molar-refractivity contribution in [3.63, 3.8) is 0 Å². The Morgan fingerprint density at radius 2 is 1.31 bits per heavy atom. The highest BCUT2D eigenvalue weighted by atomic mass is 16.3. The number of carbonyl (C=O) groups excluding carboxylic acids is 2. The van der Waals surface area contributed by atoms with Crippen LogP contribution < -0.4 is 0 Å². The van der Waals surface area contributed by atoms with Gasteiger partial charge in [0.15, 0.2) is 0 Å². The third-order valence-corrected chi connectivity index (χ3v) is 8.04. The van der Waals surface area contributed by atoms with Gasteiger partial charge in [0.1, 0.15) is 0 Å². The van der Waals surface area contributed by atoms with Crippen molar-refractivity contribution in [3.05, 3.63) is 11.1 Å². The number of hydrogen-bond acceptors (Lipinski definition) is 4. The fourth-order valence-electron chi connectivity index (χ4n) is 6.56. The van der Waals surface area contributed by atoms with Crippen molar-refractivity contribution in [1.29, 1.82) is 0 Å². The van der Waals surface area contributed by atoms with E-state index in [-0.39, 0.29) is 30.3 Å². The van der Waals surface area contributed by atoms with Gasteiger partial charge in [0.2, 0.25) is 0 Å². The minimum Gasteiger partial charge on any atom is -0.393 e. The van der Waals surface area contributed by atoms with Crippen LogP contribution in [0.2, 0.25) is 0 Å². The molecule has 2 fully saturated rings. The molecular formula is C21H30N4O4. The number of amides is 2. The zero-order chi connectivity index (χ0) is 19.9. The maximum atomic E-state index is 12.8. The SMILES string of the molecule is O=C1C2=C(CCCC2)C(=O)N1CC1CC(O)CC(n2n3n2C2CCCCC23)C1O. The fraction of sp³-hybridized carbons (Fsp3) is 0.810. The maximum absolute atomic E-state index is 12.8. The van der Waals surface area contributed by atoms with Crippen LogP contribution in [0.1, 0.15) is 82.3 Å². The van der Waals surface area contributed by atoms with Crippen molar-refractivity contribution in [2.24, 2.45) is 5.92 Å². The highest BCUT2D eigenvalue weighted by molar-refractivity contribution is 6.19. The van der Waals surface area contributed by atoms with E-state index in [2.05, 4.69) is 14.4 Å². The van der Waals surface area contributed by atoms with Gasteiger partial charge in [-0.2, -0.15) is 14.4 Å². The van der Waals surface area contributed by atoms with Crippen molar-refractivity contribution in [2.45, 2.75) is 94.5 Å². The Kier molecular flexibility index (Phi) is 3.94. The summed E-state index contributed by atoms with van der Waals surface area (Å²) in [5, 5.41) is 21.7. The highest BCUT2D eigenvalue weighted by Gasteiger charge is 2.53. The number of imide groups is 1. The van der Waals surface area contributed by atoms with Gasteiger partial charge in [0.25, 0.3) is 11.8 Å². The molecular weight excluding hydrogens is 372 g/mol. The van der Waals surface area contributed by atoms with Gasteiger partial charge in [-0.3, -0.25) is 14.5 Å². The number of aliphatic hydroxyl groups excluding tert-OH is 2. The van der Waals surface area contributed by atoms with Crippen LogP contribution in [0.25, 0.3) is 0 Å². The molecule has 29 heavy (non-hydrogen) atoms. The minimum absolute atomic E-state index is 0.168. The van der Waals surface area contributed by atoms with Crippen LogP contribution in [0.3, 0.4) is 0 Å². The molecule has 158 valence electrons. The predicted octanol–water partition coefficient (Wildman–Crippen LogP) is 1.67. The van der Waals surface area contributed by atoms with E-state index in [1.165, 1.54) is 30.6 Å². The minimum atomic E-state index is -0.663. The molecule has 2 aliphatic heterocycles. The third kappa shape index (κ3) is 2.51. The van der Waals surface area contributed by atoms with Gasteiger partial charge in [-0.15, -0.1) is 0 Å². The number of carbonyl (C=O) groups is 2. The third-order valence-electron chi connectivity index (χ3n) is 8.04. The van der Waals surface area contributed by atoms with E-state index in [1.54, 1.807) is 0 Å².